The summed E-state index contributed by atoms with van der Waals surface area (Å²) in [6.07, 6.45) is 0. The zero-order valence-corrected chi connectivity index (χ0v) is 14.5. The van der Waals surface area contributed by atoms with Crippen LogP contribution in [-0.2, 0) is 6.61 Å². The van der Waals surface area contributed by atoms with Gasteiger partial charge in [-0.25, -0.2) is 4.39 Å². The van der Waals surface area contributed by atoms with Gasteiger partial charge in [0.25, 0.3) is 0 Å². The first kappa shape index (κ1) is 18.7. The molecule has 1 N–H and O–H groups in total. The minimum atomic E-state index is -0.373. The predicted octanol–water partition coefficient (Wildman–Crippen LogP) is 3.60. The van der Waals surface area contributed by atoms with Gasteiger partial charge >= 0.3 is 0 Å². The molecule has 0 unspecified atom stereocenters. The third kappa shape index (κ3) is 4.94. The molecule has 2 aromatic rings. The van der Waals surface area contributed by atoms with E-state index in [0.717, 1.165) is 43.1 Å². The molecule has 130 valence electrons. The lowest BCUT2D eigenvalue weighted by Crippen LogP contribution is -2.45. The van der Waals surface area contributed by atoms with Gasteiger partial charge in [0, 0.05) is 26.2 Å². The zero-order chi connectivity index (χ0) is 15.9. The number of ether oxygens (including phenoxy) is 1. The summed E-state index contributed by atoms with van der Waals surface area (Å²) in [5.74, 6) is 0.792. The van der Waals surface area contributed by atoms with Gasteiger partial charge in [-0.1, -0.05) is 42.5 Å². The Morgan fingerprint density at radius 1 is 1.04 bits per heavy atom. The van der Waals surface area contributed by atoms with Crippen LogP contribution in [0.1, 0.15) is 17.2 Å². The fourth-order valence-corrected chi connectivity index (χ4v) is 2.94. The lowest BCUT2D eigenvalue weighted by Gasteiger charge is -2.33. The molecule has 1 atom stereocenters. The standard InChI is InChI=1S/C19H23FN2O.ClH/c20-14-19(22-11-9-21-10-12-22)17-7-4-8-18(13-17)23-15-16-5-2-1-3-6-16;/h1-8,13,19,21H,9-12,14-15H2;1H/t19-;/m1./s1. The Bertz CT molecular complexity index is 605. The third-order valence-corrected chi connectivity index (χ3v) is 4.23. The van der Waals surface area contributed by atoms with Gasteiger partial charge in [-0.15, -0.1) is 12.4 Å². The molecule has 0 saturated carbocycles. The van der Waals surface area contributed by atoms with Crippen LogP contribution in [0, 0.1) is 0 Å². The number of hydrogen-bond donors (Lipinski definition) is 1. The highest BCUT2D eigenvalue weighted by molar-refractivity contribution is 5.85. The molecule has 2 aromatic carbocycles. The topological polar surface area (TPSA) is 24.5 Å². The second-order valence-electron chi connectivity index (χ2n) is 5.80. The second kappa shape index (κ2) is 9.62. The summed E-state index contributed by atoms with van der Waals surface area (Å²) in [6.45, 7) is 3.75. The van der Waals surface area contributed by atoms with Gasteiger partial charge in [-0.05, 0) is 23.3 Å². The molecule has 1 fully saturated rings. The number of piperazine rings is 1. The van der Waals surface area contributed by atoms with Crippen molar-refractivity contribution in [3.05, 3.63) is 65.7 Å². The smallest absolute Gasteiger partial charge is 0.120 e. The van der Waals surface area contributed by atoms with Crippen LogP contribution in [0.2, 0.25) is 0 Å². The highest BCUT2D eigenvalue weighted by Gasteiger charge is 2.22. The number of halogens is 2. The zero-order valence-electron chi connectivity index (χ0n) is 13.7. The number of rotatable bonds is 6. The number of nitrogens with one attached hydrogen (secondary N) is 1. The minimum absolute atomic E-state index is 0. The van der Waals surface area contributed by atoms with Crippen LogP contribution in [0.5, 0.6) is 5.75 Å². The van der Waals surface area contributed by atoms with Crippen molar-refractivity contribution in [1.29, 1.82) is 0 Å². The Labute approximate surface area is 149 Å². The van der Waals surface area contributed by atoms with E-state index in [0.29, 0.717) is 6.61 Å². The molecule has 1 aliphatic heterocycles. The van der Waals surface area contributed by atoms with E-state index in [2.05, 4.69) is 10.2 Å². The van der Waals surface area contributed by atoms with E-state index >= 15 is 0 Å². The SMILES string of the molecule is Cl.FC[C@H](c1cccc(OCc2ccccc2)c1)N1CCNCC1. The van der Waals surface area contributed by atoms with Crippen LogP contribution in [0.3, 0.4) is 0 Å². The second-order valence-corrected chi connectivity index (χ2v) is 5.80. The van der Waals surface area contributed by atoms with Crippen LogP contribution in [-0.4, -0.2) is 37.8 Å². The van der Waals surface area contributed by atoms with Crippen molar-refractivity contribution < 1.29 is 9.13 Å². The van der Waals surface area contributed by atoms with Gasteiger partial charge in [0.2, 0.25) is 0 Å². The Hall–Kier alpha value is -1.62. The number of hydrogen-bond acceptors (Lipinski definition) is 3. The molecule has 1 saturated heterocycles. The highest BCUT2D eigenvalue weighted by Crippen LogP contribution is 2.25. The van der Waals surface area contributed by atoms with Crippen LogP contribution in [0.4, 0.5) is 4.39 Å². The van der Waals surface area contributed by atoms with Crippen LogP contribution >= 0.6 is 12.4 Å². The first-order valence-electron chi connectivity index (χ1n) is 8.14. The normalized spacial score (nSPS) is 16.2. The molecule has 0 radical (unpaired) electrons. The van der Waals surface area contributed by atoms with Gasteiger partial charge < -0.3 is 10.1 Å². The van der Waals surface area contributed by atoms with E-state index in [1.165, 1.54) is 0 Å². The highest BCUT2D eigenvalue weighted by atomic mass is 35.5. The van der Waals surface area contributed by atoms with Gasteiger partial charge in [-0.3, -0.25) is 4.90 Å². The number of benzene rings is 2. The predicted molar refractivity (Wildman–Crippen MR) is 97.6 cm³/mol. The van der Waals surface area contributed by atoms with Crippen molar-refractivity contribution in [2.24, 2.45) is 0 Å². The molecule has 0 aromatic heterocycles. The molecule has 0 aliphatic carbocycles. The summed E-state index contributed by atoms with van der Waals surface area (Å²) in [5.41, 5.74) is 2.11. The van der Waals surface area contributed by atoms with Crippen molar-refractivity contribution in [3.63, 3.8) is 0 Å². The van der Waals surface area contributed by atoms with E-state index in [-0.39, 0.29) is 25.1 Å². The third-order valence-electron chi connectivity index (χ3n) is 4.23. The molecule has 1 aliphatic rings. The molecular formula is C19H24ClFN2O. The van der Waals surface area contributed by atoms with Gasteiger partial charge in [0.15, 0.2) is 0 Å². The molecular weight excluding hydrogens is 327 g/mol. The summed E-state index contributed by atoms with van der Waals surface area (Å²) >= 11 is 0. The molecule has 1 heterocycles. The molecule has 24 heavy (non-hydrogen) atoms. The number of nitrogens with zero attached hydrogens (tertiary/aromatic N) is 1. The maximum Gasteiger partial charge on any atom is 0.120 e. The monoisotopic (exact) mass is 350 g/mol. The Morgan fingerprint density at radius 2 is 1.79 bits per heavy atom. The van der Waals surface area contributed by atoms with Crippen LogP contribution in [0.15, 0.2) is 54.6 Å². The minimum Gasteiger partial charge on any atom is -0.489 e. The van der Waals surface area contributed by atoms with Crippen molar-refractivity contribution in [2.45, 2.75) is 12.6 Å². The van der Waals surface area contributed by atoms with Crippen LogP contribution in [0.25, 0.3) is 0 Å². The summed E-state index contributed by atoms with van der Waals surface area (Å²) in [4.78, 5) is 2.20. The molecule has 0 amide bonds. The van der Waals surface area contributed by atoms with Gasteiger partial charge in [-0.2, -0.15) is 0 Å². The van der Waals surface area contributed by atoms with Crippen LogP contribution < -0.4 is 10.1 Å². The lowest BCUT2D eigenvalue weighted by molar-refractivity contribution is 0.147. The van der Waals surface area contributed by atoms with Gasteiger partial charge in [0.1, 0.15) is 19.0 Å². The average Bonchev–Trinajstić information content (AvgIpc) is 2.63. The first-order chi connectivity index (χ1) is 11.4. The molecule has 0 bridgehead atoms. The fourth-order valence-electron chi connectivity index (χ4n) is 2.94. The van der Waals surface area contributed by atoms with E-state index < -0.39 is 0 Å². The average molecular weight is 351 g/mol. The largest absolute Gasteiger partial charge is 0.489 e. The van der Waals surface area contributed by atoms with Crippen molar-refractivity contribution in [3.8, 4) is 5.75 Å². The molecule has 5 heteroatoms. The van der Waals surface area contributed by atoms with E-state index in [9.17, 15) is 4.39 Å². The van der Waals surface area contributed by atoms with Gasteiger partial charge in [0.05, 0.1) is 6.04 Å². The lowest BCUT2D eigenvalue weighted by atomic mass is 10.1. The fraction of sp³-hybridized carbons (Fsp3) is 0.368. The Balaban J connectivity index is 0.00000208. The molecule has 3 nitrogen and oxygen atoms in total. The Kier molecular flexibility index (Phi) is 7.50. The van der Waals surface area contributed by atoms with E-state index in [1.54, 1.807) is 0 Å². The molecule has 0 spiro atoms. The van der Waals surface area contributed by atoms with E-state index in [1.807, 2.05) is 54.6 Å². The quantitative estimate of drug-likeness (QED) is 0.861. The summed E-state index contributed by atoms with van der Waals surface area (Å²) in [7, 11) is 0. The summed E-state index contributed by atoms with van der Waals surface area (Å²) in [6, 6.07) is 17.7. The van der Waals surface area contributed by atoms with Crippen molar-refractivity contribution >= 4 is 12.4 Å². The summed E-state index contributed by atoms with van der Waals surface area (Å²) < 4.78 is 19.5. The maximum atomic E-state index is 13.6. The first-order valence-corrected chi connectivity index (χ1v) is 8.14. The maximum absolute atomic E-state index is 13.6. The summed E-state index contributed by atoms with van der Waals surface area (Å²) in [5, 5.41) is 3.31. The van der Waals surface area contributed by atoms with Crippen molar-refractivity contribution in [2.75, 3.05) is 32.9 Å². The number of alkyl halides is 1. The van der Waals surface area contributed by atoms with E-state index in [4.69, 9.17) is 4.74 Å². The van der Waals surface area contributed by atoms with Crippen molar-refractivity contribution in [1.82, 2.24) is 10.2 Å². The Morgan fingerprint density at radius 3 is 2.50 bits per heavy atom. The molecule has 3 rings (SSSR count).